The van der Waals surface area contributed by atoms with E-state index in [-0.39, 0.29) is 6.42 Å². The topological polar surface area (TPSA) is 63.3 Å². The lowest BCUT2D eigenvalue weighted by atomic mass is 9.66. The van der Waals surface area contributed by atoms with E-state index < -0.39 is 16.9 Å². The van der Waals surface area contributed by atoms with E-state index in [1.54, 1.807) is 0 Å². The predicted molar refractivity (Wildman–Crippen MR) is 74.7 cm³/mol. The highest BCUT2D eigenvalue weighted by Gasteiger charge is 2.49. The first-order valence-electron chi connectivity index (χ1n) is 6.06. The van der Waals surface area contributed by atoms with Crippen LogP contribution in [-0.4, -0.2) is 16.6 Å². The summed E-state index contributed by atoms with van der Waals surface area (Å²) in [5, 5.41) is 9.23. The van der Waals surface area contributed by atoms with E-state index in [0.29, 0.717) is 0 Å². The lowest BCUT2D eigenvalue weighted by Crippen LogP contribution is -2.54. The molecule has 1 aromatic rings. The summed E-state index contributed by atoms with van der Waals surface area (Å²) in [6.45, 7) is 3.85. The normalized spacial score (nSPS) is 22.9. The summed E-state index contributed by atoms with van der Waals surface area (Å²) in [5.74, 6) is -0.790. The van der Waals surface area contributed by atoms with Gasteiger partial charge in [0.05, 0.1) is 6.42 Å². The lowest BCUT2D eigenvalue weighted by Gasteiger charge is -2.41. The molecule has 0 amide bonds. The van der Waals surface area contributed by atoms with Crippen molar-refractivity contribution in [1.29, 1.82) is 0 Å². The van der Waals surface area contributed by atoms with Crippen molar-refractivity contribution < 1.29 is 9.90 Å². The molecule has 18 heavy (non-hydrogen) atoms. The number of halogens is 1. The molecule has 0 fully saturated rings. The van der Waals surface area contributed by atoms with Crippen LogP contribution >= 0.6 is 15.9 Å². The van der Waals surface area contributed by atoms with Crippen LogP contribution in [0.5, 0.6) is 0 Å². The van der Waals surface area contributed by atoms with Crippen molar-refractivity contribution in [1.82, 2.24) is 0 Å². The first kappa shape index (κ1) is 13.6. The number of nitrogens with two attached hydrogens (primary N) is 1. The van der Waals surface area contributed by atoms with Crippen molar-refractivity contribution in [3.8, 4) is 0 Å². The summed E-state index contributed by atoms with van der Waals surface area (Å²) in [6.07, 6.45) is 1.76. The molecule has 1 atom stereocenters. The molecule has 1 unspecified atom stereocenters. The van der Waals surface area contributed by atoms with Crippen LogP contribution < -0.4 is 5.73 Å². The Balaban J connectivity index is 2.60. The summed E-state index contributed by atoms with van der Waals surface area (Å²) < 4.78 is 1.05. The predicted octanol–water partition coefficient (Wildman–Crippen LogP) is 2.85. The third kappa shape index (κ3) is 1.97. The molecule has 0 heterocycles. The average molecular weight is 312 g/mol. The number of carboxylic acids is 1. The molecule has 3 N–H and O–H groups in total. The van der Waals surface area contributed by atoms with Crippen molar-refractivity contribution in [2.45, 2.75) is 44.1 Å². The molecule has 2 rings (SSSR count). The van der Waals surface area contributed by atoms with E-state index in [9.17, 15) is 9.90 Å². The second kappa shape index (κ2) is 4.35. The first-order valence-corrected chi connectivity index (χ1v) is 6.86. The van der Waals surface area contributed by atoms with E-state index in [1.165, 1.54) is 5.56 Å². The van der Waals surface area contributed by atoms with Crippen LogP contribution in [0.2, 0.25) is 0 Å². The second-order valence-electron chi connectivity index (χ2n) is 5.64. The molecule has 0 aromatic heterocycles. The molecule has 1 aliphatic carbocycles. The monoisotopic (exact) mass is 311 g/mol. The Kier molecular flexibility index (Phi) is 3.28. The van der Waals surface area contributed by atoms with Gasteiger partial charge in [-0.2, -0.15) is 0 Å². The van der Waals surface area contributed by atoms with Gasteiger partial charge in [0.1, 0.15) is 0 Å². The molecule has 1 aromatic carbocycles. The van der Waals surface area contributed by atoms with Crippen molar-refractivity contribution in [2.24, 2.45) is 5.73 Å². The number of aliphatic carboxylic acids is 1. The zero-order chi connectivity index (χ0) is 13.6. The Bertz CT molecular complexity index is 493. The van der Waals surface area contributed by atoms with Gasteiger partial charge in [-0.15, -0.1) is 0 Å². The number of benzene rings is 1. The maximum atomic E-state index is 11.2. The molecule has 3 nitrogen and oxygen atoms in total. The minimum atomic E-state index is -0.790. The molecule has 0 radical (unpaired) electrons. The lowest BCUT2D eigenvalue weighted by molar-refractivity contribution is -0.139. The highest BCUT2D eigenvalue weighted by atomic mass is 79.9. The number of hydrogen-bond donors (Lipinski definition) is 2. The Morgan fingerprint density at radius 3 is 2.78 bits per heavy atom. The number of fused-ring (bicyclic) bond motifs is 1. The molecule has 4 heteroatoms. The molecule has 0 bridgehead atoms. The Morgan fingerprint density at radius 1 is 1.56 bits per heavy atom. The molecule has 0 saturated carbocycles. The smallest absolute Gasteiger partial charge is 0.304 e. The molecule has 0 aliphatic heterocycles. The van der Waals surface area contributed by atoms with Gasteiger partial charge < -0.3 is 10.8 Å². The van der Waals surface area contributed by atoms with Crippen LogP contribution in [-0.2, 0) is 16.6 Å². The van der Waals surface area contributed by atoms with E-state index in [4.69, 9.17) is 5.73 Å². The first-order chi connectivity index (χ1) is 8.28. The van der Waals surface area contributed by atoms with E-state index >= 15 is 0 Å². The Hall–Kier alpha value is -0.870. The summed E-state index contributed by atoms with van der Waals surface area (Å²) in [4.78, 5) is 11.2. The molecule has 98 valence electrons. The maximum Gasteiger partial charge on any atom is 0.304 e. The van der Waals surface area contributed by atoms with Crippen LogP contribution in [0.1, 0.15) is 37.8 Å². The summed E-state index contributed by atoms with van der Waals surface area (Å²) in [6, 6.07) is 5.97. The zero-order valence-electron chi connectivity index (χ0n) is 10.7. The van der Waals surface area contributed by atoms with E-state index in [2.05, 4.69) is 15.9 Å². The third-order valence-electron chi connectivity index (χ3n) is 4.12. The van der Waals surface area contributed by atoms with Gasteiger partial charge in [0.2, 0.25) is 0 Å². The highest BCUT2D eigenvalue weighted by molar-refractivity contribution is 9.10. The molecule has 1 aliphatic rings. The minimum absolute atomic E-state index is 0.0833. The van der Waals surface area contributed by atoms with Crippen molar-refractivity contribution in [2.75, 3.05) is 0 Å². The fourth-order valence-corrected chi connectivity index (χ4v) is 3.64. The minimum Gasteiger partial charge on any atom is -0.481 e. The van der Waals surface area contributed by atoms with Crippen molar-refractivity contribution in [3.63, 3.8) is 0 Å². The SMILES string of the molecule is CC(C)(N)C1(CC(=O)O)CCc2c(Br)cccc21. The highest BCUT2D eigenvalue weighted by Crippen LogP contribution is 2.49. The van der Waals surface area contributed by atoms with Gasteiger partial charge >= 0.3 is 5.97 Å². The van der Waals surface area contributed by atoms with Crippen LogP contribution in [0, 0.1) is 0 Å². The standard InChI is InChI=1S/C14H18BrNO2/c1-13(2,16)14(8-12(17)18)7-6-9-10(14)4-3-5-11(9)15/h3-5H,6-8,16H2,1-2H3,(H,17,18). The van der Waals surface area contributed by atoms with Crippen molar-refractivity contribution in [3.05, 3.63) is 33.8 Å². The average Bonchev–Trinajstić information content (AvgIpc) is 2.58. The van der Waals surface area contributed by atoms with Gasteiger partial charge in [-0.25, -0.2) is 0 Å². The van der Waals surface area contributed by atoms with Gasteiger partial charge in [-0.3, -0.25) is 4.79 Å². The number of rotatable bonds is 3. The maximum absolute atomic E-state index is 11.2. The molecule has 0 spiro atoms. The zero-order valence-corrected chi connectivity index (χ0v) is 12.3. The van der Waals surface area contributed by atoms with Gasteiger partial charge in [0, 0.05) is 15.4 Å². The Morgan fingerprint density at radius 2 is 2.22 bits per heavy atom. The van der Waals surface area contributed by atoms with Gasteiger partial charge in [0.25, 0.3) is 0 Å². The quantitative estimate of drug-likeness (QED) is 0.902. The summed E-state index contributed by atoms with van der Waals surface area (Å²) in [7, 11) is 0. The largest absolute Gasteiger partial charge is 0.481 e. The van der Waals surface area contributed by atoms with E-state index in [1.807, 2.05) is 32.0 Å². The Labute approximate surface area is 116 Å². The van der Waals surface area contributed by atoms with Crippen LogP contribution in [0.4, 0.5) is 0 Å². The fraction of sp³-hybridized carbons (Fsp3) is 0.500. The summed E-state index contributed by atoms with van der Waals surface area (Å²) >= 11 is 3.54. The van der Waals surface area contributed by atoms with Gasteiger partial charge in [-0.05, 0) is 43.9 Å². The van der Waals surface area contributed by atoms with Crippen LogP contribution in [0.25, 0.3) is 0 Å². The number of hydrogen-bond acceptors (Lipinski definition) is 2. The van der Waals surface area contributed by atoms with Crippen molar-refractivity contribution >= 4 is 21.9 Å². The van der Waals surface area contributed by atoms with Gasteiger partial charge in [-0.1, -0.05) is 28.1 Å². The second-order valence-corrected chi connectivity index (χ2v) is 6.49. The van der Waals surface area contributed by atoms with Crippen LogP contribution in [0.3, 0.4) is 0 Å². The molecular weight excluding hydrogens is 294 g/mol. The number of carbonyl (C=O) groups is 1. The van der Waals surface area contributed by atoms with Gasteiger partial charge in [0.15, 0.2) is 0 Å². The fourth-order valence-electron chi connectivity index (χ4n) is 3.07. The van der Waals surface area contributed by atoms with Crippen LogP contribution in [0.15, 0.2) is 22.7 Å². The molecular formula is C14H18BrNO2. The third-order valence-corrected chi connectivity index (χ3v) is 4.87. The molecule has 0 saturated heterocycles. The number of carboxylic acid groups (broad SMARTS) is 1. The van der Waals surface area contributed by atoms with E-state index in [0.717, 1.165) is 22.9 Å². The summed E-state index contributed by atoms with van der Waals surface area (Å²) in [5.41, 5.74) is 7.57.